The second-order valence-corrected chi connectivity index (χ2v) is 10.5. The van der Waals surface area contributed by atoms with Gasteiger partial charge in [0.05, 0.1) is 17.5 Å². The predicted octanol–water partition coefficient (Wildman–Crippen LogP) is 4.20. The Kier molecular flexibility index (Phi) is 6.41. The van der Waals surface area contributed by atoms with Crippen LogP contribution in [0.2, 0.25) is 0 Å². The van der Waals surface area contributed by atoms with Gasteiger partial charge in [-0.25, -0.2) is 12.4 Å². The van der Waals surface area contributed by atoms with Crippen LogP contribution in [0.5, 0.6) is 5.75 Å². The van der Waals surface area contributed by atoms with Crippen LogP contribution >= 0.6 is 0 Å². The molecule has 176 valence electrons. The third-order valence-corrected chi connectivity index (χ3v) is 8.17. The van der Waals surface area contributed by atoms with Crippen molar-refractivity contribution in [3.05, 3.63) is 96.2 Å². The van der Waals surface area contributed by atoms with Crippen molar-refractivity contribution in [2.75, 3.05) is 33.3 Å². The zero-order valence-corrected chi connectivity index (χ0v) is 20.1. The Morgan fingerprint density at radius 2 is 1.38 bits per heavy atom. The molecular formula is C27H29N3O3S. The molecule has 0 saturated carbocycles. The molecule has 0 atom stereocenters. The molecule has 34 heavy (non-hydrogen) atoms. The average molecular weight is 476 g/mol. The number of para-hydroxylation sites is 1. The van der Waals surface area contributed by atoms with E-state index in [1.54, 1.807) is 37.6 Å². The topological polar surface area (TPSA) is 54.8 Å². The monoisotopic (exact) mass is 475 g/mol. The van der Waals surface area contributed by atoms with Crippen LogP contribution in [-0.2, 0) is 23.1 Å². The normalized spacial score (nSPS) is 15.6. The molecule has 2 heterocycles. The molecule has 0 aliphatic carbocycles. The number of methoxy groups -OCH3 is 1. The molecule has 0 amide bonds. The molecule has 6 nitrogen and oxygen atoms in total. The van der Waals surface area contributed by atoms with E-state index >= 15 is 0 Å². The van der Waals surface area contributed by atoms with Crippen LogP contribution < -0.4 is 4.74 Å². The average Bonchev–Trinajstić information content (AvgIpc) is 3.25. The van der Waals surface area contributed by atoms with E-state index in [9.17, 15) is 8.42 Å². The first-order chi connectivity index (χ1) is 16.5. The Bertz CT molecular complexity index is 1360. The smallest absolute Gasteiger partial charge is 0.268 e. The summed E-state index contributed by atoms with van der Waals surface area (Å²) in [6.07, 6.45) is 1.79. The summed E-state index contributed by atoms with van der Waals surface area (Å²) in [6.45, 7) is 5.60. The third-order valence-electron chi connectivity index (χ3n) is 6.48. The van der Waals surface area contributed by atoms with Crippen LogP contribution in [0.3, 0.4) is 0 Å². The number of ether oxygens (including phenoxy) is 1. The maximum atomic E-state index is 13.5. The third kappa shape index (κ3) is 4.59. The lowest BCUT2D eigenvalue weighted by Gasteiger charge is -2.34. The summed E-state index contributed by atoms with van der Waals surface area (Å²) in [6, 6.07) is 24.8. The van der Waals surface area contributed by atoms with Crippen molar-refractivity contribution in [3.8, 4) is 5.75 Å². The van der Waals surface area contributed by atoms with Gasteiger partial charge in [-0.2, -0.15) is 0 Å². The molecule has 5 rings (SSSR count). The molecule has 0 radical (unpaired) electrons. The van der Waals surface area contributed by atoms with Crippen molar-refractivity contribution in [3.63, 3.8) is 0 Å². The zero-order valence-electron chi connectivity index (χ0n) is 19.3. The zero-order chi connectivity index (χ0) is 23.5. The summed E-state index contributed by atoms with van der Waals surface area (Å²) < 4.78 is 33.5. The van der Waals surface area contributed by atoms with Crippen LogP contribution in [0.25, 0.3) is 10.9 Å². The lowest BCUT2D eigenvalue weighted by molar-refractivity contribution is 0.122. The number of piperazine rings is 1. The van der Waals surface area contributed by atoms with Gasteiger partial charge in [-0.3, -0.25) is 9.80 Å². The van der Waals surface area contributed by atoms with Crippen molar-refractivity contribution in [1.29, 1.82) is 0 Å². The minimum atomic E-state index is -3.72. The molecule has 1 fully saturated rings. The fourth-order valence-electron chi connectivity index (χ4n) is 4.59. The van der Waals surface area contributed by atoms with Crippen LogP contribution in [0.4, 0.5) is 0 Å². The van der Waals surface area contributed by atoms with Crippen molar-refractivity contribution in [2.45, 2.75) is 18.0 Å². The lowest BCUT2D eigenvalue weighted by Crippen LogP contribution is -2.45. The van der Waals surface area contributed by atoms with E-state index in [1.807, 2.05) is 30.3 Å². The second kappa shape index (κ2) is 9.62. The summed E-state index contributed by atoms with van der Waals surface area (Å²) in [4.78, 5) is 5.13. The molecule has 4 aromatic rings. The van der Waals surface area contributed by atoms with E-state index in [0.29, 0.717) is 11.3 Å². The fourth-order valence-corrected chi connectivity index (χ4v) is 5.98. The molecule has 3 aromatic carbocycles. The minimum Gasteiger partial charge on any atom is -0.497 e. The molecule has 0 N–H and O–H groups in total. The summed E-state index contributed by atoms with van der Waals surface area (Å²) in [5, 5.41) is 0.978. The highest BCUT2D eigenvalue weighted by atomic mass is 32.2. The number of rotatable bonds is 7. The number of hydrogen-bond donors (Lipinski definition) is 0. The van der Waals surface area contributed by atoms with Gasteiger partial charge in [-0.05, 0) is 41.5 Å². The van der Waals surface area contributed by atoms with Crippen LogP contribution in [-0.4, -0.2) is 55.5 Å². The summed E-state index contributed by atoms with van der Waals surface area (Å²) in [7, 11) is -2.15. The number of hydrogen-bond acceptors (Lipinski definition) is 5. The number of nitrogens with zero attached hydrogens (tertiary/aromatic N) is 3. The summed E-state index contributed by atoms with van der Waals surface area (Å²) in [5.74, 6) is 0.628. The number of benzene rings is 3. The minimum absolute atomic E-state index is 0.245. The quantitative estimate of drug-likeness (QED) is 0.401. The van der Waals surface area contributed by atoms with E-state index < -0.39 is 10.0 Å². The van der Waals surface area contributed by atoms with Gasteiger partial charge in [0.1, 0.15) is 5.75 Å². The molecule has 0 unspecified atom stereocenters. The SMILES string of the molecule is COc1ccc(S(=O)(=O)n2cc(CN3CCN(Cc4ccccc4)CC3)c3ccccc32)cc1. The molecule has 7 heteroatoms. The summed E-state index contributed by atoms with van der Waals surface area (Å²) >= 11 is 0. The van der Waals surface area contributed by atoms with Crippen molar-refractivity contribution in [2.24, 2.45) is 0 Å². The highest BCUT2D eigenvalue weighted by Gasteiger charge is 2.23. The van der Waals surface area contributed by atoms with E-state index in [4.69, 9.17) is 4.74 Å². The van der Waals surface area contributed by atoms with Gasteiger partial charge in [-0.1, -0.05) is 48.5 Å². The maximum Gasteiger partial charge on any atom is 0.268 e. The van der Waals surface area contributed by atoms with Gasteiger partial charge >= 0.3 is 0 Å². The summed E-state index contributed by atoms with van der Waals surface area (Å²) in [5.41, 5.74) is 3.07. The van der Waals surface area contributed by atoms with Crippen molar-refractivity contribution in [1.82, 2.24) is 13.8 Å². The van der Waals surface area contributed by atoms with Gasteiger partial charge in [0, 0.05) is 50.9 Å². The Labute approximate surface area is 201 Å². The second-order valence-electron chi connectivity index (χ2n) is 8.69. The maximum absolute atomic E-state index is 13.5. The highest BCUT2D eigenvalue weighted by molar-refractivity contribution is 7.90. The number of aromatic nitrogens is 1. The predicted molar refractivity (Wildman–Crippen MR) is 135 cm³/mol. The lowest BCUT2D eigenvalue weighted by atomic mass is 10.1. The van der Waals surface area contributed by atoms with Crippen LogP contribution in [0.15, 0.2) is 90.0 Å². The molecule has 1 aromatic heterocycles. The Morgan fingerprint density at radius 3 is 2.06 bits per heavy atom. The van der Waals surface area contributed by atoms with Gasteiger partial charge in [0.2, 0.25) is 0 Å². The first-order valence-electron chi connectivity index (χ1n) is 11.5. The van der Waals surface area contributed by atoms with Crippen LogP contribution in [0.1, 0.15) is 11.1 Å². The van der Waals surface area contributed by atoms with E-state index in [2.05, 4.69) is 34.1 Å². The Morgan fingerprint density at radius 1 is 0.765 bits per heavy atom. The van der Waals surface area contributed by atoms with Gasteiger partial charge < -0.3 is 4.74 Å². The molecule has 1 saturated heterocycles. The first-order valence-corrected chi connectivity index (χ1v) is 13.0. The first kappa shape index (κ1) is 22.7. The molecule has 0 bridgehead atoms. The Balaban J connectivity index is 1.35. The van der Waals surface area contributed by atoms with E-state index in [-0.39, 0.29) is 4.90 Å². The molecule has 1 aliphatic heterocycles. The largest absolute Gasteiger partial charge is 0.497 e. The van der Waals surface area contributed by atoms with Gasteiger partial charge in [0.25, 0.3) is 10.0 Å². The van der Waals surface area contributed by atoms with E-state index in [0.717, 1.165) is 50.2 Å². The number of fused-ring (bicyclic) bond motifs is 1. The molecule has 0 spiro atoms. The van der Waals surface area contributed by atoms with E-state index in [1.165, 1.54) is 9.54 Å². The fraction of sp³-hybridized carbons (Fsp3) is 0.259. The van der Waals surface area contributed by atoms with Crippen LogP contribution in [0, 0.1) is 0 Å². The Hall–Kier alpha value is -3.13. The molecular weight excluding hydrogens is 446 g/mol. The van der Waals surface area contributed by atoms with Gasteiger partial charge in [-0.15, -0.1) is 0 Å². The van der Waals surface area contributed by atoms with Crippen molar-refractivity contribution < 1.29 is 13.2 Å². The standard InChI is InChI=1S/C27H29N3O3S/c1-33-24-11-13-25(14-12-24)34(31,32)30-21-23(26-9-5-6-10-27(26)30)20-29-17-15-28(16-18-29)19-22-7-3-2-4-8-22/h2-14,21H,15-20H2,1H3. The highest BCUT2D eigenvalue weighted by Crippen LogP contribution is 2.28. The molecule has 1 aliphatic rings. The van der Waals surface area contributed by atoms with Crippen molar-refractivity contribution >= 4 is 20.9 Å². The van der Waals surface area contributed by atoms with Gasteiger partial charge in [0.15, 0.2) is 0 Å².